The maximum atomic E-state index is 10.4. The van der Waals surface area contributed by atoms with Gasteiger partial charge in [-0.1, -0.05) is 11.8 Å². The Morgan fingerprint density at radius 1 is 1.75 bits per heavy atom. The van der Waals surface area contributed by atoms with Gasteiger partial charge in [0.1, 0.15) is 11.1 Å². The van der Waals surface area contributed by atoms with Crippen LogP contribution in [0.15, 0.2) is 4.34 Å². The van der Waals surface area contributed by atoms with Crippen molar-refractivity contribution in [1.29, 1.82) is 0 Å². The van der Waals surface area contributed by atoms with Crippen LogP contribution in [0.3, 0.4) is 0 Å². The molecule has 4 nitrogen and oxygen atoms in total. The topological polar surface area (TPSA) is 63.1 Å². The van der Waals surface area contributed by atoms with Crippen LogP contribution in [0.5, 0.6) is 0 Å². The molecule has 0 bridgehead atoms. The van der Waals surface area contributed by atoms with Crippen molar-refractivity contribution in [3.8, 4) is 0 Å². The minimum absolute atomic E-state index is 0.461. The van der Waals surface area contributed by atoms with Gasteiger partial charge in [-0.25, -0.2) is 4.98 Å². The molecule has 1 rings (SSSR count). The van der Waals surface area contributed by atoms with Crippen LogP contribution in [0.2, 0.25) is 0 Å². The highest BCUT2D eigenvalue weighted by atomic mass is 32.2. The second-order valence-corrected chi connectivity index (χ2v) is 4.55. The second-order valence-electron chi connectivity index (χ2n) is 2.21. The molecule has 1 aromatic rings. The molecular formula is C6H8N2O2S2. The Bertz CT molecular complexity index is 287. The smallest absolute Gasteiger partial charge is 0.316 e. The summed E-state index contributed by atoms with van der Waals surface area (Å²) in [6, 6.07) is 0. The van der Waals surface area contributed by atoms with Gasteiger partial charge in [0.25, 0.3) is 0 Å². The Morgan fingerprint density at radius 2 is 2.42 bits per heavy atom. The van der Waals surface area contributed by atoms with E-state index in [1.165, 1.54) is 23.3 Å². The molecule has 1 N–H and O–H groups in total. The summed E-state index contributed by atoms with van der Waals surface area (Å²) in [5, 5.41) is 8.12. The number of hydrogen-bond donors (Lipinski definition) is 1. The average Bonchev–Trinajstić information content (AvgIpc) is 2.35. The lowest BCUT2D eigenvalue weighted by molar-refractivity contribution is -0.136. The van der Waals surface area contributed by atoms with E-state index < -0.39 is 11.2 Å². The lowest BCUT2D eigenvalue weighted by atomic mass is 10.5. The number of hydrogen-bond acceptors (Lipinski definition) is 5. The molecule has 0 aliphatic carbocycles. The van der Waals surface area contributed by atoms with Crippen LogP contribution < -0.4 is 0 Å². The lowest BCUT2D eigenvalue weighted by Crippen LogP contribution is -2.10. The molecule has 1 aromatic heterocycles. The number of carboxylic acids is 1. The maximum Gasteiger partial charge on any atom is 0.316 e. The van der Waals surface area contributed by atoms with Crippen LogP contribution >= 0.6 is 23.3 Å². The third-order valence-corrected chi connectivity index (χ3v) is 3.10. The van der Waals surface area contributed by atoms with Gasteiger partial charge in [0.15, 0.2) is 4.34 Å². The van der Waals surface area contributed by atoms with E-state index >= 15 is 0 Å². The van der Waals surface area contributed by atoms with Crippen molar-refractivity contribution in [3.05, 3.63) is 5.82 Å². The van der Waals surface area contributed by atoms with Gasteiger partial charge in [0.05, 0.1) is 0 Å². The molecule has 0 aliphatic heterocycles. The Morgan fingerprint density at radius 3 is 2.83 bits per heavy atom. The van der Waals surface area contributed by atoms with Gasteiger partial charge in [0, 0.05) is 0 Å². The first kappa shape index (κ1) is 9.47. The van der Waals surface area contributed by atoms with E-state index in [0.29, 0.717) is 10.2 Å². The Labute approximate surface area is 78.2 Å². The number of carboxylic acid groups (broad SMARTS) is 1. The summed E-state index contributed by atoms with van der Waals surface area (Å²) < 4.78 is 4.66. The number of carbonyl (C=O) groups is 1. The third kappa shape index (κ3) is 2.46. The normalized spacial score (nSPS) is 12.8. The number of nitrogens with zero attached hydrogens (tertiary/aromatic N) is 2. The van der Waals surface area contributed by atoms with E-state index in [4.69, 9.17) is 5.11 Å². The molecule has 0 saturated heterocycles. The average molecular weight is 204 g/mol. The van der Waals surface area contributed by atoms with Crippen LogP contribution in [-0.2, 0) is 4.79 Å². The van der Waals surface area contributed by atoms with E-state index in [1.54, 1.807) is 13.8 Å². The van der Waals surface area contributed by atoms with Crippen LogP contribution in [0.1, 0.15) is 12.7 Å². The Hall–Kier alpha value is -0.620. The van der Waals surface area contributed by atoms with Crippen molar-refractivity contribution in [1.82, 2.24) is 9.36 Å². The molecule has 12 heavy (non-hydrogen) atoms. The van der Waals surface area contributed by atoms with Crippen molar-refractivity contribution in [2.75, 3.05) is 0 Å². The third-order valence-electron chi connectivity index (χ3n) is 1.13. The first-order valence-electron chi connectivity index (χ1n) is 3.29. The summed E-state index contributed by atoms with van der Waals surface area (Å²) in [6.45, 7) is 3.41. The number of thioether (sulfide) groups is 1. The van der Waals surface area contributed by atoms with E-state index in [2.05, 4.69) is 9.36 Å². The molecular weight excluding hydrogens is 196 g/mol. The predicted octanol–water partition coefficient (Wildman–Crippen LogP) is 1.41. The van der Waals surface area contributed by atoms with Crippen LogP contribution in [0, 0.1) is 6.92 Å². The Kier molecular flexibility index (Phi) is 3.05. The fraction of sp³-hybridized carbons (Fsp3) is 0.500. The molecule has 0 amide bonds. The van der Waals surface area contributed by atoms with Gasteiger partial charge in [-0.3, -0.25) is 4.79 Å². The molecule has 6 heteroatoms. The molecule has 0 aromatic carbocycles. The molecule has 1 unspecified atom stereocenters. The number of aryl methyl sites for hydroxylation is 1. The first-order chi connectivity index (χ1) is 5.59. The fourth-order valence-electron chi connectivity index (χ4n) is 0.528. The standard InChI is InChI=1S/C6H8N2O2S2/c1-3(5(9)10)11-6-7-4(2)8-12-6/h3H,1-2H3,(H,9,10). The van der Waals surface area contributed by atoms with Gasteiger partial charge in [-0.15, -0.1) is 0 Å². The highest BCUT2D eigenvalue weighted by molar-refractivity contribution is 8.02. The summed E-state index contributed by atoms with van der Waals surface area (Å²) in [7, 11) is 0. The summed E-state index contributed by atoms with van der Waals surface area (Å²) >= 11 is 2.45. The minimum Gasteiger partial charge on any atom is -0.480 e. The number of aromatic nitrogens is 2. The molecule has 0 fully saturated rings. The summed E-state index contributed by atoms with van der Waals surface area (Å²) in [6.07, 6.45) is 0. The van der Waals surface area contributed by atoms with Gasteiger partial charge >= 0.3 is 5.97 Å². The zero-order valence-electron chi connectivity index (χ0n) is 6.64. The van der Waals surface area contributed by atoms with Crippen molar-refractivity contribution in [2.45, 2.75) is 23.4 Å². The van der Waals surface area contributed by atoms with E-state index in [9.17, 15) is 4.79 Å². The van der Waals surface area contributed by atoms with Crippen molar-refractivity contribution in [2.24, 2.45) is 0 Å². The SMILES string of the molecule is Cc1nsc(SC(C)C(=O)O)n1. The summed E-state index contributed by atoms with van der Waals surface area (Å²) in [4.78, 5) is 14.5. The molecule has 1 heterocycles. The van der Waals surface area contributed by atoms with Crippen LogP contribution in [0.4, 0.5) is 0 Å². The van der Waals surface area contributed by atoms with Crippen molar-refractivity contribution >= 4 is 29.3 Å². The van der Waals surface area contributed by atoms with E-state index in [0.717, 1.165) is 0 Å². The van der Waals surface area contributed by atoms with E-state index in [-0.39, 0.29) is 0 Å². The number of aliphatic carboxylic acids is 1. The summed E-state index contributed by atoms with van der Waals surface area (Å²) in [5.41, 5.74) is 0. The zero-order chi connectivity index (χ0) is 9.14. The van der Waals surface area contributed by atoms with Crippen LogP contribution in [-0.4, -0.2) is 25.7 Å². The van der Waals surface area contributed by atoms with Gasteiger partial charge < -0.3 is 5.11 Å². The molecule has 0 spiro atoms. The minimum atomic E-state index is -0.826. The molecule has 66 valence electrons. The van der Waals surface area contributed by atoms with E-state index in [1.807, 2.05) is 0 Å². The first-order valence-corrected chi connectivity index (χ1v) is 4.94. The highest BCUT2D eigenvalue weighted by Gasteiger charge is 2.14. The fourth-order valence-corrected chi connectivity index (χ4v) is 2.26. The second kappa shape index (κ2) is 3.86. The molecule has 0 aliphatic rings. The maximum absolute atomic E-state index is 10.4. The van der Waals surface area contributed by atoms with Crippen molar-refractivity contribution in [3.63, 3.8) is 0 Å². The quantitative estimate of drug-likeness (QED) is 0.754. The van der Waals surface area contributed by atoms with Crippen molar-refractivity contribution < 1.29 is 9.90 Å². The molecule has 0 saturated carbocycles. The molecule has 0 radical (unpaired) electrons. The van der Waals surface area contributed by atoms with Gasteiger partial charge in [-0.05, 0) is 25.4 Å². The predicted molar refractivity (Wildman–Crippen MR) is 47.6 cm³/mol. The Balaban J connectivity index is 2.58. The van der Waals surface area contributed by atoms with Crippen LogP contribution in [0.25, 0.3) is 0 Å². The molecule has 1 atom stereocenters. The monoisotopic (exact) mass is 204 g/mol. The lowest BCUT2D eigenvalue weighted by Gasteiger charge is -1.99. The number of rotatable bonds is 3. The van der Waals surface area contributed by atoms with Gasteiger partial charge in [0.2, 0.25) is 0 Å². The zero-order valence-corrected chi connectivity index (χ0v) is 8.28. The highest BCUT2D eigenvalue weighted by Crippen LogP contribution is 2.24. The van der Waals surface area contributed by atoms with Gasteiger partial charge in [-0.2, -0.15) is 4.37 Å². The summed E-state index contributed by atoms with van der Waals surface area (Å²) in [5.74, 6) is -0.132. The largest absolute Gasteiger partial charge is 0.480 e.